The Kier molecular flexibility index (Phi) is 5.76. The molecule has 2 fully saturated rings. The number of nitrogens with one attached hydrogen (secondary N) is 2. The van der Waals surface area contributed by atoms with Crippen LogP contribution in [-0.4, -0.2) is 49.8 Å². The fourth-order valence-electron chi connectivity index (χ4n) is 4.05. The van der Waals surface area contributed by atoms with Gasteiger partial charge in [-0.15, -0.1) is 0 Å². The van der Waals surface area contributed by atoms with Crippen molar-refractivity contribution in [2.24, 2.45) is 11.8 Å². The van der Waals surface area contributed by atoms with E-state index < -0.39 is 0 Å². The molecule has 2 aliphatic rings. The van der Waals surface area contributed by atoms with Gasteiger partial charge in [-0.1, -0.05) is 12.8 Å². The van der Waals surface area contributed by atoms with E-state index in [4.69, 9.17) is 4.42 Å². The van der Waals surface area contributed by atoms with E-state index in [0.29, 0.717) is 6.54 Å². The zero-order valence-corrected chi connectivity index (χ0v) is 15.5. The molecule has 0 unspecified atom stereocenters. The van der Waals surface area contributed by atoms with Crippen molar-refractivity contribution in [1.82, 2.24) is 10.2 Å². The minimum Gasteiger partial charge on any atom is -0.463 e. The van der Waals surface area contributed by atoms with Gasteiger partial charge in [0.25, 0.3) is 0 Å². The highest BCUT2D eigenvalue weighted by molar-refractivity contribution is 6.05. The molecule has 26 heavy (non-hydrogen) atoms. The van der Waals surface area contributed by atoms with Gasteiger partial charge in [-0.2, -0.15) is 0 Å². The standard InChI is InChI=1S/C19H27N3O4/c1-21(2)15(16-8-5-11-26-16)12-20-17(23)9-10-22-18(24)13-6-3-4-7-14(13)19(22)25/h5,8,11,13-15H,3-4,6-7,9-10,12H2,1-2H3,(H,20,23)/p+1/t13-,14+,15-/m1/s1. The maximum atomic E-state index is 12.4. The summed E-state index contributed by atoms with van der Waals surface area (Å²) in [6.07, 6.45) is 5.38. The summed E-state index contributed by atoms with van der Waals surface area (Å²) in [6, 6.07) is 3.75. The molecule has 0 bridgehead atoms. The monoisotopic (exact) mass is 362 g/mol. The molecule has 2 heterocycles. The summed E-state index contributed by atoms with van der Waals surface area (Å²) in [7, 11) is 4.01. The minimum absolute atomic E-state index is 0.0202. The number of fused-ring (bicyclic) bond motifs is 1. The van der Waals surface area contributed by atoms with E-state index in [0.717, 1.165) is 36.3 Å². The van der Waals surface area contributed by atoms with Gasteiger partial charge in [0, 0.05) is 13.0 Å². The molecule has 3 rings (SSSR count). The molecule has 1 saturated heterocycles. The Morgan fingerprint density at radius 1 is 1.27 bits per heavy atom. The number of carbonyl (C=O) groups is 3. The van der Waals surface area contributed by atoms with Crippen LogP contribution >= 0.6 is 0 Å². The van der Waals surface area contributed by atoms with Crippen LogP contribution in [-0.2, 0) is 14.4 Å². The Labute approximate surface area is 153 Å². The van der Waals surface area contributed by atoms with Crippen molar-refractivity contribution in [1.29, 1.82) is 0 Å². The largest absolute Gasteiger partial charge is 0.463 e. The van der Waals surface area contributed by atoms with E-state index in [2.05, 4.69) is 5.32 Å². The quantitative estimate of drug-likeness (QED) is 0.676. The van der Waals surface area contributed by atoms with Crippen molar-refractivity contribution < 1.29 is 23.7 Å². The number of likely N-dealkylation sites (tertiary alicyclic amines) is 1. The third kappa shape index (κ3) is 3.82. The molecule has 7 heteroatoms. The van der Waals surface area contributed by atoms with Crippen LogP contribution in [0.15, 0.2) is 22.8 Å². The number of furan rings is 1. The van der Waals surface area contributed by atoms with Crippen molar-refractivity contribution in [3.8, 4) is 0 Å². The van der Waals surface area contributed by atoms with Gasteiger partial charge in [0.1, 0.15) is 0 Å². The van der Waals surface area contributed by atoms with Crippen molar-refractivity contribution in [2.75, 3.05) is 27.2 Å². The van der Waals surface area contributed by atoms with Gasteiger partial charge in [-0.25, -0.2) is 0 Å². The molecule has 2 N–H and O–H groups in total. The zero-order chi connectivity index (χ0) is 18.7. The fourth-order valence-corrected chi connectivity index (χ4v) is 4.05. The topological polar surface area (TPSA) is 84.1 Å². The molecule has 1 aromatic heterocycles. The van der Waals surface area contributed by atoms with E-state index in [1.807, 2.05) is 26.2 Å². The number of carbonyl (C=O) groups excluding carboxylic acids is 3. The highest BCUT2D eigenvalue weighted by atomic mass is 16.3. The summed E-state index contributed by atoms with van der Waals surface area (Å²) in [5.74, 6) is 0.190. The van der Waals surface area contributed by atoms with E-state index in [-0.39, 0.29) is 48.6 Å². The molecular weight excluding hydrogens is 334 g/mol. The first-order chi connectivity index (χ1) is 12.5. The summed E-state index contributed by atoms with van der Waals surface area (Å²) in [5, 5.41) is 2.90. The van der Waals surface area contributed by atoms with Crippen molar-refractivity contribution in [3.05, 3.63) is 24.2 Å². The Bertz CT molecular complexity index is 632. The minimum atomic E-state index is -0.154. The van der Waals surface area contributed by atoms with Crippen LogP contribution in [0, 0.1) is 11.8 Å². The molecule has 3 atom stereocenters. The summed E-state index contributed by atoms with van der Waals surface area (Å²) < 4.78 is 5.44. The van der Waals surface area contributed by atoms with Gasteiger partial charge >= 0.3 is 0 Å². The molecule has 1 aliphatic carbocycles. The summed E-state index contributed by atoms with van der Waals surface area (Å²) in [6.45, 7) is 0.624. The number of amides is 3. The van der Waals surface area contributed by atoms with Crippen molar-refractivity contribution in [2.45, 2.75) is 38.1 Å². The zero-order valence-electron chi connectivity index (χ0n) is 15.5. The molecule has 1 aromatic rings. The fraction of sp³-hybridized carbons (Fsp3) is 0.632. The molecular formula is C19H28N3O4+. The lowest BCUT2D eigenvalue weighted by molar-refractivity contribution is -0.891. The molecule has 7 nitrogen and oxygen atoms in total. The molecule has 3 amide bonds. The van der Waals surface area contributed by atoms with Gasteiger partial charge < -0.3 is 14.6 Å². The third-order valence-electron chi connectivity index (χ3n) is 5.58. The predicted molar refractivity (Wildman–Crippen MR) is 94.1 cm³/mol. The number of likely N-dealkylation sites (N-methyl/N-ethyl adjacent to an activating group) is 1. The molecule has 0 aromatic carbocycles. The average molecular weight is 362 g/mol. The van der Waals surface area contributed by atoms with Crippen LogP contribution in [0.2, 0.25) is 0 Å². The number of rotatable bonds is 7. The van der Waals surface area contributed by atoms with Gasteiger partial charge in [-0.05, 0) is 25.0 Å². The van der Waals surface area contributed by atoms with Crippen LogP contribution < -0.4 is 10.2 Å². The Morgan fingerprint density at radius 3 is 2.46 bits per heavy atom. The van der Waals surface area contributed by atoms with Gasteiger partial charge in [0.2, 0.25) is 17.7 Å². The van der Waals surface area contributed by atoms with Gasteiger partial charge in [0.15, 0.2) is 11.8 Å². The number of hydrogen-bond donors (Lipinski definition) is 2. The highest BCUT2D eigenvalue weighted by Crippen LogP contribution is 2.37. The first-order valence-corrected chi connectivity index (χ1v) is 9.44. The lowest BCUT2D eigenvalue weighted by Crippen LogP contribution is -3.07. The van der Waals surface area contributed by atoms with Crippen LogP contribution in [0.3, 0.4) is 0 Å². The second-order valence-corrected chi connectivity index (χ2v) is 7.52. The van der Waals surface area contributed by atoms with E-state index >= 15 is 0 Å². The number of quaternary nitrogens is 1. The number of imide groups is 1. The summed E-state index contributed by atoms with van der Waals surface area (Å²) in [5.41, 5.74) is 0. The highest BCUT2D eigenvalue weighted by Gasteiger charge is 2.47. The normalized spacial score (nSPS) is 24.0. The third-order valence-corrected chi connectivity index (χ3v) is 5.58. The smallest absolute Gasteiger partial charge is 0.233 e. The molecule has 0 spiro atoms. The number of hydrogen-bond acceptors (Lipinski definition) is 4. The van der Waals surface area contributed by atoms with Crippen molar-refractivity contribution in [3.63, 3.8) is 0 Å². The molecule has 142 valence electrons. The van der Waals surface area contributed by atoms with Crippen LogP contribution in [0.1, 0.15) is 43.9 Å². The first kappa shape index (κ1) is 18.6. The Hall–Kier alpha value is -2.15. The van der Waals surface area contributed by atoms with Crippen LogP contribution in [0.4, 0.5) is 0 Å². The number of nitrogens with zero attached hydrogens (tertiary/aromatic N) is 1. The van der Waals surface area contributed by atoms with Crippen LogP contribution in [0.5, 0.6) is 0 Å². The lowest BCUT2D eigenvalue weighted by Gasteiger charge is -2.20. The molecule has 1 saturated carbocycles. The second kappa shape index (κ2) is 8.03. The first-order valence-electron chi connectivity index (χ1n) is 9.44. The van der Waals surface area contributed by atoms with Gasteiger partial charge in [-0.3, -0.25) is 19.3 Å². The maximum absolute atomic E-state index is 12.4. The predicted octanol–water partition coefficient (Wildman–Crippen LogP) is 0.147. The second-order valence-electron chi connectivity index (χ2n) is 7.52. The lowest BCUT2D eigenvalue weighted by atomic mass is 9.81. The van der Waals surface area contributed by atoms with E-state index in [1.165, 1.54) is 4.90 Å². The van der Waals surface area contributed by atoms with Crippen LogP contribution in [0.25, 0.3) is 0 Å². The van der Waals surface area contributed by atoms with Gasteiger partial charge in [0.05, 0.1) is 38.7 Å². The summed E-state index contributed by atoms with van der Waals surface area (Å²) >= 11 is 0. The average Bonchev–Trinajstić information content (AvgIpc) is 3.22. The molecule has 0 radical (unpaired) electrons. The van der Waals surface area contributed by atoms with Crippen molar-refractivity contribution >= 4 is 17.7 Å². The van der Waals surface area contributed by atoms with E-state index in [9.17, 15) is 14.4 Å². The molecule has 1 aliphatic heterocycles. The summed E-state index contributed by atoms with van der Waals surface area (Å²) in [4.78, 5) is 39.5. The maximum Gasteiger partial charge on any atom is 0.233 e. The Morgan fingerprint density at radius 2 is 1.92 bits per heavy atom. The SMILES string of the molecule is C[NH+](C)[C@H](CNC(=O)CCN1C(=O)[C@H]2CCCC[C@H]2C1=O)c1ccco1. The van der Waals surface area contributed by atoms with E-state index in [1.54, 1.807) is 6.26 Å². The Balaban J connectivity index is 1.49.